The summed E-state index contributed by atoms with van der Waals surface area (Å²) in [4.78, 5) is 11.4. The van der Waals surface area contributed by atoms with Crippen LogP contribution in [0.3, 0.4) is 0 Å². The summed E-state index contributed by atoms with van der Waals surface area (Å²) in [6, 6.07) is 11.3. The van der Waals surface area contributed by atoms with E-state index >= 15 is 0 Å². The largest absolute Gasteiger partial charge is 0.507 e. The summed E-state index contributed by atoms with van der Waals surface area (Å²) in [5.74, 6) is 0.238. The number of amides is 1. The number of hydrogen-bond acceptors (Lipinski definition) is 3. The summed E-state index contributed by atoms with van der Waals surface area (Å²) in [7, 11) is 0. The van der Waals surface area contributed by atoms with Gasteiger partial charge in [-0.05, 0) is 35.7 Å². The molecule has 0 spiro atoms. The van der Waals surface area contributed by atoms with Gasteiger partial charge < -0.3 is 5.11 Å². The molecule has 4 heteroatoms. The highest BCUT2D eigenvalue weighted by Crippen LogP contribution is 2.28. The predicted molar refractivity (Wildman–Crippen MR) is 74.1 cm³/mol. The van der Waals surface area contributed by atoms with E-state index in [0.717, 1.165) is 23.6 Å². The molecular weight excluding hydrogens is 240 g/mol. The molecule has 19 heavy (non-hydrogen) atoms. The molecule has 96 valence electrons. The lowest BCUT2D eigenvalue weighted by molar-refractivity contribution is -0.122. The van der Waals surface area contributed by atoms with Crippen LogP contribution in [0.5, 0.6) is 5.75 Å². The lowest BCUT2D eigenvalue weighted by atomic mass is 10.1. The highest BCUT2D eigenvalue weighted by Gasteiger charge is 2.29. The van der Waals surface area contributed by atoms with Crippen LogP contribution >= 0.6 is 0 Å². The first-order valence-electron chi connectivity index (χ1n) is 6.29. The molecule has 1 saturated carbocycles. The third kappa shape index (κ3) is 2.57. The molecule has 1 amide bonds. The van der Waals surface area contributed by atoms with E-state index in [9.17, 15) is 9.90 Å². The first-order valence-corrected chi connectivity index (χ1v) is 6.29. The van der Waals surface area contributed by atoms with Crippen molar-refractivity contribution < 1.29 is 9.90 Å². The van der Waals surface area contributed by atoms with Crippen molar-refractivity contribution in [2.75, 3.05) is 0 Å². The van der Waals surface area contributed by atoms with Crippen LogP contribution in [0, 0.1) is 5.92 Å². The zero-order chi connectivity index (χ0) is 13.2. The van der Waals surface area contributed by atoms with Gasteiger partial charge in [-0.1, -0.05) is 24.3 Å². The number of aromatic hydroxyl groups is 1. The van der Waals surface area contributed by atoms with Gasteiger partial charge in [-0.2, -0.15) is 5.10 Å². The molecule has 0 radical (unpaired) electrons. The summed E-state index contributed by atoms with van der Waals surface area (Å²) in [5.41, 5.74) is 3.08. The molecule has 4 nitrogen and oxygen atoms in total. The minimum absolute atomic E-state index is 0.0449. The molecule has 0 unspecified atom stereocenters. The molecule has 1 aliphatic carbocycles. The highest BCUT2D eigenvalue weighted by atomic mass is 16.3. The van der Waals surface area contributed by atoms with E-state index in [-0.39, 0.29) is 17.6 Å². The average molecular weight is 254 g/mol. The van der Waals surface area contributed by atoms with Crippen molar-refractivity contribution in [1.82, 2.24) is 5.43 Å². The van der Waals surface area contributed by atoms with E-state index in [4.69, 9.17) is 0 Å². The Bertz CT molecular complexity index is 660. The quantitative estimate of drug-likeness (QED) is 0.652. The number of phenols is 1. The number of phenolic OH excluding ortho intramolecular Hbond substituents is 1. The third-order valence-corrected chi connectivity index (χ3v) is 3.22. The zero-order valence-electron chi connectivity index (χ0n) is 10.3. The maximum Gasteiger partial charge on any atom is 0.243 e. The van der Waals surface area contributed by atoms with Gasteiger partial charge >= 0.3 is 0 Å². The van der Waals surface area contributed by atoms with E-state index in [2.05, 4.69) is 10.5 Å². The Morgan fingerprint density at radius 3 is 2.63 bits per heavy atom. The van der Waals surface area contributed by atoms with Crippen molar-refractivity contribution in [3.05, 3.63) is 42.0 Å². The Balaban J connectivity index is 1.81. The Morgan fingerprint density at radius 1 is 1.26 bits per heavy atom. The van der Waals surface area contributed by atoms with Crippen LogP contribution in [0.1, 0.15) is 18.4 Å². The number of fused-ring (bicyclic) bond motifs is 1. The van der Waals surface area contributed by atoms with Crippen molar-refractivity contribution in [2.45, 2.75) is 12.8 Å². The van der Waals surface area contributed by atoms with Crippen molar-refractivity contribution in [1.29, 1.82) is 0 Å². The number of nitrogens with one attached hydrogen (secondary N) is 1. The molecule has 2 aromatic rings. The van der Waals surface area contributed by atoms with Crippen LogP contribution < -0.4 is 5.43 Å². The van der Waals surface area contributed by atoms with Crippen molar-refractivity contribution >= 4 is 22.9 Å². The third-order valence-electron chi connectivity index (χ3n) is 3.22. The second-order valence-electron chi connectivity index (χ2n) is 4.77. The van der Waals surface area contributed by atoms with Crippen molar-refractivity contribution in [2.24, 2.45) is 11.0 Å². The van der Waals surface area contributed by atoms with Gasteiger partial charge in [0.15, 0.2) is 0 Å². The fraction of sp³-hybridized carbons (Fsp3) is 0.200. The highest BCUT2D eigenvalue weighted by molar-refractivity contribution is 5.94. The Morgan fingerprint density at radius 2 is 1.95 bits per heavy atom. The second kappa shape index (κ2) is 4.72. The molecule has 0 heterocycles. The standard InChI is InChI=1S/C15H14N2O2/c18-14-8-12-4-2-1-3-11(12)7-13(14)9-16-17-15(19)10-5-6-10/h1-4,7-10,18H,5-6H2,(H,17,19)/b16-9-. The molecule has 2 N–H and O–H groups in total. The number of hydrogen-bond donors (Lipinski definition) is 2. The molecule has 2 aromatic carbocycles. The molecule has 0 saturated heterocycles. The van der Waals surface area contributed by atoms with E-state index < -0.39 is 0 Å². The summed E-state index contributed by atoms with van der Waals surface area (Å²) in [5, 5.41) is 15.8. The molecule has 0 bridgehead atoms. The summed E-state index contributed by atoms with van der Waals surface area (Å²) in [6.45, 7) is 0. The summed E-state index contributed by atoms with van der Waals surface area (Å²) >= 11 is 0. The molecule has 1 aliphatic rings. The van der Waals surface area contributed by atoms with E-state index in [0.29, 0.717) is 5.56 Å². The van der Waals surface area contributed by atoms with Crippen molar-refractivity contribution in [3.63, 3.8) is 0 Å². The molecule has 3 rings (SSSR count). The molecule has 0 aliphatic heterocycles. The molecule has 0 aromatic heterocycles. The lowest BCUT2D eigenvalue weighted by Gasteiger charge is -2.03. The van der Waals surface area contributed by atoms with Crippen LogP contribution in [0.2, 0.25) is 0 Å². The Hall–Kier alpha value is -2.36. The van der Waals surface area contributed by atoms with Gasteiger partial charge in [-0.15, -0.1) is 0 Å². The molecule has 1 fully saturated rings. The number of rotatable bonds is 3. The van der Waals surface area contributed by atoms with Gasteiger partial charge in [-0.25, -0.2) is 5.43 Å². The molecule has 0 atom stereocenters. The summed E-state index contributed by atoms with van der Waals surface area (Å²) in [6.07, 6.45) is 3.37. The first kappa shape index (κ1) is 11.7. The van der Waals surface area contributed by atoms with Crippen LogP contribution in [0.25, 0.3) is 10.8 Å². The first-order chi connectivity index (χ1) is 9.24. The topological polar surface area (TPSA) is 61.7 Å². The van der Waals surface area contributed by atoms with E-state index in [1.807, 2.05) is 30.3 Å². The van der Waals surface area contributed by atoms with E-state index in [1.54, 1.807) is 6.07 Å². The van der Waals surface area contributed by atoms with Gasteiger partial charge in [0, 0.05) is 11.5 Å². The Kier molecular flexibility index (Phi) is 2.91. The van der Waals surface area contributed by atoms with E-state index in [1.165, 1.54) is 6.21 Å². The maximum atomic E-state index is 11.4. The van der Waals surface area contributed by atoms with Gasteiger partial charge in [0.1, 0.15) is 5.75 Å². The fourth-order valence-electron chi connectivity index (χ4n) is 1.95. The van der Waals surface area contributed by atoms with Crippen LogP contribution in [-0.4, -0.2) is 17.2 Å². The fourth-order valence-corrected chi connectivity index (χ4v) is 1.95. The van der Waals surface area contributed by atoms with Crippen LogP contribution in [0.15, 0.2) is 41.5 Å². The second-order valence-corrected chi connectivity index (χ2v) is 4.77. The van der Waals surface area contributed by atoms with Gasteiger partial charge in [-0.3, -0.25) is 4.79 Å². The number of carbonyl (C=O) groups excluding carboxylic acids is 1. The van der Waals surface area contributed by atoms with Gasteiger partial charge in [0.25, 0.3) is 0 Å². The number of carbonyl (C=O) groups is 1. The average Bonchev–Trinajstić information content (AvgIpc) is 3.23. The number of hydrazone groups is 1. The minimum Gasteiger partial charge on any atom is -0.507 e. The van der Waals surface area contributed by atoms with Crippen LogP contribution in [0.4, 0.5) is 0 Å². The zero-order valence-corrected chi connectivity index (χ0v) is 10.3. The van der Waals surface area contributed by atoms with Gasteiger partial charge in [0.05, 0.1) is 6.21 Å². The monoisotopic (exact) mass is 254 g/mol. The van der Waals surface area contributed by atoms with Gasteiger partial charge in [0.2, 0.25) is 5.91 Å². The Labute approximate surface area is 110 Å². The summed E-state index contributed by atoms with van der Waals surface area (Å²) < 4.78 is 0. The molecular formula is C15H14N2O2. The number of nitrogens with zero attached hydrogens (tertiary/aromatic N) is 1. The predicted octanol–water partition coefficient (Wildman–Crippen LogP) is 2.41. The lowest BCUT2D eigenvalue weighted by Crippen LogP contribution is -2.18. The smallest absolute Gasteiger partial charge is 0.243 e. The minimum atomic E-state index is -0.0449. The number of benzene rings is 2. The van der Waals surface area contributed by atoms with Crippen LogP contribution in [-0.2, 0) is 4.79 Å². The van der Waals surface area contributed by atoms with Crippen molar-refractivity contribution in [3.8, 4) is 5.75 Å². The normalized spacial score (nSPS) is 14.9. The maximum absolute atomic E-state index is 11.4. The SMILES string of the molecule is O=C(N/N=C\c1cc2ccccc2cc1O)C1CC1.